The molecule has 5 nitrogen and oxygen atoms in total. The molecule has 1 aromatic carbocycles. The number of carbonyl (C=O) groups is 1. The van der Waals surface area contributed by atoms with Crippen LogP contribution in [0.25, 0.3) is 0 Å². The molecule has 3 heterocycles. The molecule has 1 atom stereocenters. The molecule has 0 N–H and O–H groups in total. The lowest BCUT2D eigenvalue weighted by atomic mass is 10.1. The molecule has 2 aromatic heterocycles. The van der Waals surface area contributed by atoms with E-state index in [1.165, 1.54) is 28.5 Å². The van der Waals surface area contributed by atoms with Crippen LogP contribution in [-0.2, 0) is 6.61 Å². The lowest BCUT2D eigenvalue weighted by Gasteiger charge is -2.33. The zero-order chi connectivity index (χ0) is 21.5. The minimum absolute atomic E-state index is 0.0130. The van der Waals surface area contributed by atoms with Gasteiger partial charge in [-0.2, -0.15) is 18.3 Å². The summed E-state index contributed by atoms with van der Waals surface area (Å²) in [7, 11) is 0. The Kier molecular flexibility index (Phi) is 5.31. The van der Waals surface area contributed by atoms with Crippen LogP contribution in [0, 0.1) is 13.8 Å². The minimum atomic E-state index is -4.41. The molecule has 1 amide bonds. The van der Waals surface area contributed by atoms with Crippen LogP contribution in [0.5, 0.6) is 5.75 Å². The Labute approximate surface area is 175 Å². The number of alkyl halides is 3. The van der Waals surface area contributed by atoms with Crippen LogP contribution in [0.2, 0.25) is 0 Å². The van der Waals surface area contributed by atoms with Crippen LogP contribution in [0.3, 0.4) is 0 Å². The number of nitrogens with zero attached hydrogens (tertiary/aromatic N) is 3. The molecule has 30 heavy (non-hydrogen) atoms. The fourth-order valence-corrected chi connectivity index (χ4v) is 4.34. The van der Waals surface area contributed by atoms with Crippen molar-refractivity contribution in [3.63, 3.8) is 0 Å². The van der Waals surface area contributed by atoms with Gasteiger partial charge in [0.25, 0.3) is 5.91 Å². The number of thiophene rings is 1. The lowest BCUT2D eigenvalue weighted by molar-refractivity contribution is -0.172. The van der Waals surface area contributed by atoms with Crippen molar-refractivity contribution in [2.75, 3.05) is 11.4 Å². The fourth-order valence-electron chi connectivity index (χ4n) is 3.50. The third-order valence-electron chi connectivity index (χ3n) is 5.28. The highest BCUT2D eigenvalue weighted by atomic mass is 32.1. The van der Waals surface area contributed by atoms with Crippen LogP contribution >= 0.6 is 11.3 Å². The van der Waals surface area contributed by atoms with E-state index in [0.29, 0.717) is 11.5 Å². The molecular formula is C21H20F3N3O2S. The molecule has 3 aromatic rings. The van der Waals surface area contributed by atoms with Crippen molar-refractivity contribution < 1.29 is 22.7 Å². The second-order valence-corrected chi connectivity index (χ2v) is 8.15. The van der Waals surface area contributed by atoms with Gasteiger partial charge < -0.3 is 4.74 Å². The predicted octanol–water partition coefficient (Wildman–Crippen LogP) is 5.29. The maximum absolute atomic E-state index is 13.3. The lowest BCUT2D eigenvalue weighted by Crippen LogP contribution is -2.42. The highest BCUT2D eigenvalue weighted by molar-refractivity contribution is 7.12. The first kappa shape index (κ1) is 20.5. The highest BCUT2D eigenvalue weighted by Crippen LogP contribution is 2.39. The summed E-state index contributed by atoms with van der Waals surface area (Å²) in [5, 5.41) is 5.63. The number of hydrogen-bond acceptors (Lipinski definition) is 4. The first-order chi connectivity index (χ1) is 14.3. The van der Waals surface area contributed by atoms with Gasteiger partial charge in [0.15, 0.2) is 6.04 Å². The highest BCUT2D eigenvalue weighted by Gasteiger charge is 2.45. The number of carbonyl (C=O) groups excluding carboxylic acids is 1. The van der Waals surface area contributed by atoms with Gasteiger partial charge in [-0.3, -0.25) is 9.69 Å². The average Bonchev–Trinajstić information content (AvgIpc) is 3.36. The molecule has 4 rings (SSSR count). The van der Waals surface area contributed by atoms with Crippen molar-refractivity contribution in [1.82, 2.24) is 9.78 Å². The molecule has 0 radical (unpaired) electrons. The standard InChI is InChI=1S/C21H20F3N3O2S/c1-13-4-3-5-16(14(13)2)29-11-15-10-17(30-12-15)20(28)26-9-7-18(21(22,23)24)27-19(26)6-8-25-27/h3-6,8,10,12,18H,7,9,11H2,1-2H3. The topological polar surface area (TPSA) is 47.4 Å². The van der Waals surface area contributed by atoms with Crippen LogP contribution < -0.4 is 9.64 Å². The molecular weight excluding hydrogens is 415 g/mol. The normalized spacial score (nSPS) is 16.4. The number of rotatable bonds is 4. The zero-order valence-electron chi connectivity index (χ0n) is 16.4. The van der Waals surface area contributed by atoms with E-state index in [1.807, 2.05) is 37.4 Å². The second kappa shape index (κ2) is 7.79. The van der Waals surface area contributed by atoms with Gasteiger partial charge in [0.2, 0.25) is 0 Å². The number of hydrogen-bond donors (Lipinski definition) is 0. The molecule has 0 saturated carbocycles. The Hall–Kier alpha value is -2.81. The smallest absolute Gasteiger partial charge is 0.410 e. The van der Waals surface area contributed by atoms with Gasteiger partial charge in [0.1, 0.15) is 18.2 Å². The molecule has 1 unspecified atom stereocenters. The molecule has 9 heteroatoms. The van der Waals surface area contributed by atoms with Gasteiger partial charge in [-0.25, -0.2) is 4.68 Å². The van der Waals surface area contributed by atoms with Crippen LogP contribution in [0.4, 0.5) is 19.0 Å². The SMILES string of the molecule is Cc1cccc(OCc2csc(C(=O)N3CCC(C(F)(F)F)n4nccc43)c2)c1C. The van der Waals surface area contributed by atoms with Crippen molar-refractivity contribution in [3.05, 3.63) is 63.5 Å². The average molecular weight is 435 g/mol. The molecule has 0 spiro atoms. The van der Waals surface area contributed by atoms with Crippen LogP contribution in [0.15, 0.2) is 41.9 Å². The Morgan fingerprint density at radius 2 is 2.10 bits per heavy atom. The van der Waals surface area contributed by atoms with Gasteiger partial charge in [0.05, 0.1) is 11.1 Å². The molecule has 0 bridgehead atoms. The summed E-state index contributed by atoms with van der Waals surface area (Å²) >= 11 is 1.25. The van der Waals surface area contributed by atoms with Gasteiger partial charge in [0, 0.05) is 18.2 Å². The number of amides is 1. The fraction of sp³-hybridized carbons (Fsp3) is 0.333. The molecule has 1 aliphatic rings. The molecule has 0 saturated heterocycles. The van der Waals surface area contributed by atoms with Crippen LogP contribution in [-0.4, -0.2) is 28.4 Å². The van der Waals surface area contributed by atoms with E-state index in [2.05, 4.69) is 5.10 Å². The van der Waals surface area contributed by atoms with E-state index in [9.17, 15) is 18.0 Å². The maximum atomic E-state index is 13.3. The summed E-state index contributed by atoms with van der Waals surface area (Å²) in [5.41, 5.74) is 3.03. The summed E-state index contributed by atoms with van der Waals surface area (Å²) < 4.78 is 46.5. The largest absolute Gasteiger partial charge is 0.489 e. The van der Waals surface area contributed by atoms with Gasteiger partial charge in [-0.15, -0.1) is 11.3 Å². The summed E-state index contributed by atoms with van der Waals surface area (Å²) in [4.78, 5) is 14.8. The molecule has 158 valence electrons. The number of ether oxygens (including phenoxy) is 1. The van der Waals surface area contributed by atoms with E-state index >= 15 is 0 Å². The Morgan fingerprint density at radius 3 is 2.87 bits per heavy atom. The third kappa shape index (κ3) is 3.81. The first-order valence-corrected chi connectivity index (χ1v) is 10.3. The van der Waals surface area contributed by atoms with Crippen LogP contribution in [0.1, 0.15) is 38.8 Å². The zero-order valence-corrected chi connectivity index (χ0v) is 17.3. The summed E-state index contributed by atoms with van der Waals surface area (Å²) in [5.74, 6) is 0.614. The number of aromatic nitrogens is 2. The van der Waals surface area contributed by atoms with Crippen molar-refractivity contribution >= 4 is 23.1 Å². The summed E-state index contributed by atoms with van der Waals surface area (Å²) in [6.07, 6.45) is -3.34. The Balaban J connectivity index is 1.49. The van der Waals surface area contributed by atoms with Crippen molar-refractivity contribution in [2.45, 2.75) is 39.1 Å². The van der Waals surface area contributed by atoms with E-state index in [1.54, 1.807) is 6.07 Å². The molecule has 1 aliphatic heterocycles. The number of anilines is 1. The van der Waals surface area contributed by atoms with Crippen molar-refractivity contribution in [2.24, 2.45) is 0 Å². The predicted molar refractivity (Wildman–Crippen MR) is 108 cm³/mol. The molecule has 0 fully saturated rings. The first-order valence-electron chi connectivity index (χ1n) is 9.44. The minimum Gasteiger partial charge on any atom is -0.489 e. The van der Waals surface area contributed by atoms with Gasteiger partial charge >= 0.3 is 6.18 Å². The third-order valence-corrected chi connectivity index (χ3v) is 6.25. The van der Waals surface area contributed by atoms with Crippen molar-refractivity contribution in [1.29, 1.82) is 0 Å². The summed E-state index contributed by atoms with van der Waals surface area (Å²) in [6.45, 7) is 4.29. The number of halogens is 3. The van der Waals surface area contributed by atoms with Gasteiger partial charge in [-0.1, -0.05) is 12.1 Å². The van der Waals surface area contributed by atoms with E-state index < -0.39 is 12.2 Å². The number of fused-ring (bicyclic) bond motifs is 1. The van der Waals surface area contributed by atoms with E-state index in [4.69, 9.17) is 4.74 Å². The maximum Gasteiger partial charge on any atom is 0.410 e. The number of benzene rings is 1. The number of aryl methyl sites for hydroxylation is 1. The van der Waals surface area contributed by atoms with Crippen molar-refractivity contribution in [3.8, 4) is 5.75 Å². The quantitative estimate of drug-likeness (QED) is 0.559. The second-order valence-electron chi connectivity index (χ2n) is 7.24. The Morgan fingerprint density at radius 1 is 1.30 bits per heavy atom. The van der Waals surface area contributed by atoms with E-state index in [-0.39, 0.29) is 24.7 Å². The monoisotopic (exact) mass is 435 g/mol. The van der Waals surface area contributed by atoms with E-state index in [0.717, 1.165) is 27.1 Å². The van der Waals surface area contributed by atoms with Gasteiger partial charge in [-0.05, 0) is 48.9 Å². The molecule has 0 aliphatic carbocycles. The summed E-state index contributed by atoms with van der Waals surface area (Å²) in [6, 6.07) is 7.29. The Bertz CT molecular complexity index is 1070.